The summed E-state index contributed by atoms with van der Waals surface area (Å²) in [5.74, 6) is 5.21. The zero-order valence-electron chi connectivity index (χ0n) is 15.5. The van der Waals surface area contributed by atoms with Gasteiger partial charge in [0.05, 0.1) is 31.5 Å². The van der Waals surface area contributed by atoms with Gasteiger partial charge in [-0.15, -0.1) is 5.92 Å². The second-order valence-electron chi connectivity index (χ2n) is 5.43. The fourth-order valence-corrected chi connectivity index (χ4v) is 2.83. The first-order valence-corrected chi connectivity index (χ1v) is 8.88. The number of urea groups is 1. The van der Waals surface area contributed by atoms with Crippen molar-refractivity contribution < 1.29 is 19.1 Å². The third-order valence-corrected chi connectivity index (χ3v) is 4.40. The topological polar surface area (TPSA) is 106 Å². The molecule has 2 heterocycles. The number of anilines is 1. The summed E-state index contributed by atoms with van der Waals surface area (Å²) in [6, 6.07) is 2.63. The number of nitrogens with one attached hydrogen (secondary N) is 1. The van der Waals surface area contributed by atoms with E-state index in [2.05, 4.69) is 43.1 Å². The molecule has 2 aromatic heterocycles. The van der Waals surface area contributed by atoms with Crippen LogP contribution in [0.2, 0.25) is 0 Å². The normalized spacial score (nSPS) is 9.86. The highest BCUT2D eigenvalue weighted by molar-refractivity contribution is 9.10. The number of carbonyl (C=O) groups is 3. The number of aromatic nitrogens is 3. The van der Waals surface area contributed by atoms with Gasteiger partial charge in [-0.3, -0.25) is 14.7 Å². The Kier molecular flexibility index (Phi) is 7.28. The van der Waals surface area contributed by atoms with Crippen molar-refractivity contribution in [1.82, 2.24) is 19.9 Å². The molecule has 10 heteroatoms. The Morgan fingerprint density at radius 3 is 2.86 bits per heavy atom. The molecule has 2 rings (SSSR count). The van der Waals surface area contributed by atoms with Gasteiger partial charge in [0.25, 0.3) is 0 Å². The Hall–Kier alpha value is -3.19. The van der Waals surface area contributed by atoms with E-state index in [1.165, 1.54) is 25.3 Å². The van der Waals surface area contributed by atoms with E-state index in [0.717, 1.165) is 0 Å². The quantitative estimate of drug-likeness (QED) is 0.412. The van der Waals surface area contributed by atoms with Crippen molar-refractivity contribution >= 4 is 40.0 Å². The van der Waals surface area contributed by atoms with Gasteiger partial charge in [0, 0.05) is 13.2 Å². The monoisotopic (exact) mass is 447 g/mol. The first-order chi connectivity index (χ1) is 13.4. The number of amides is 2. The van der Waals surface area contributed by atoms with Crippen LogP contribution in [-0.2, 0) is 17.8 Å². The maximum atomic E-state index is 12.5. The number of esters is 1. The maximum absolute atomic E-state index is 12.5. The lowest BCUT2D eigenvalue weighted by Gasteiger charge is -2.16. The first kappa shape index (κ1) is 21.1. The zero-order chi connectivity index (χ0) is 20.7. The van der Waals surface area contributed by atoms with Crippen molar-refractivity contribution in [3.05, 3.63) is 40.0 Å². The molecule has 9 nitrogen and oxygen atoms in total. The Balaban J connectivity index is 2.19. The highest BCUT2D eigenvalue weighted by Gasteiger charge is 2.22. The van der Waals surface area contributed by atoms with Gasteiger partial charge in [-0.2, -0.15) is 0 Å². The summed E-state index contributed by atoms with van der Waals surface area (Å²) in [6.45, 7) is 1.93. The molecule has 0 aromatic carbocycles. The average Bonchev–Trinajstić information content (AvgIpc) is 3.04. The molecule has 0 atom stereocenters. The van der Waals surface area contributed by atoms with Crippen LogP contribution in [0.5, 0.6) is 0 Å². The van der Waals surface area contributed by atoms with Gasteiger partial charge >= 0.3 is 12.0 Å². The van der Waals surface area contributed by atoms with Gasteiger partial charge in [0.2, 0.25) is 0 Å². The van der Waals surface area contributed by atoms with Gasteiger partial charge in [-0.05, 0) is 35.0 Å². The predicted octanol–water partition coefficient (Wildman–Crippen LogP) is 2.01. The summed E-state index contributed by atoms with van der Waals surface area (Å²) >= 11 is 3.27. The summed E-state index contributed by atoms with van der Waals surface area (Å²) in [6.07, 6.45) is 2.12. The van der Waals surface area contributed by atoms with Gasteiger partial charge in [0.1, 0.15) is 5.69 Å². The second kappa shape index (κ2) is 9.66. The number of imidazole rings is 1. The van der Waals surface area contributed by atoms with Gasteiger partial charge < -0.3 is 14.6 Å². The molecule has 1 N–H and O–H groups in total. The molecule has 0 bridgehead atoms. The van der Waals surface area contributed by atoms with Crippen molar-refractivity contribution in [1.29, 1.82) is 0 Å². The summed E-state index contributed by atoms with van der Waals surface area (Å²) in [5.41, 5.74) is 0.823. The van der Waals surface area contributed by atoms with Crippen LogP contribution < -0.4 is 10.2 Å². The fraction of sp³-hybridized carbons (Fsp3) is 0.278. The molecule has 0 fully saturated rings. The highest BCUT2D eigenvalue weighted by atomic mass is 79.9. The summed E-state index contributed by atoms with van der Waals surface area (Å²) < 4.78 is 6.64. The van der Waals surface area contributed by atoms with Crippen molar-refractivity contribution in [2.75, 3.05) is 19.1 Å². The number of hydrogen-bond acceptors (Lipinski definition) is 6. The van der Waals surface area contributed by atoms with Crippen molar-refractivity contribution in [3.63, 3.8) is 0 Å². The minimum Gasteiger partial charge on any atom is -0.465 e. The van der Waals surface area contributed by atoms with E-state index in [1.807, 2.05) is 0 Å². The third-order valence-electron chi connectivity index (χ3n) is 3.79. The number of aldehydes is 1. The molecule has 0 spiro atoms. The standard InChI is InChI=1S/C18H18BrN5O4/c1-4-5-9-24-14(11-25)15(22-17(24)19)23(2)18(27)21-10-13-12(16(26)28-3)7-6-8-20-13/h6-8,11H,9-10H2,1-3H3,(H,21,27). The molecule has 28 heavy (non-hydrogen) atoms. The highest BCUT2D eigenvalue weighted by Crippen LogP contribution is 2.22. The van der Waals surface area contributed by atoms with Crippen molar-refractivity contribution in [3.8, 4) is 11.8 Å². The number of nitrogens with zero attached hydrogens (tertiary/aromatic N) is 4. The summed E-state index contributed by atoms with van der Waals surface area (Å²) in [7, 11) is 2.75. The van der Waals surface area contributed by atoms with Gasteiger partial charge in [-0.25, -0.2) is 14.6 Å². The van der Waals surface area contributed by atoms with E-state index >= 15 is 0 Å². The molecule has 0 saturated carbocycles. The molecule has 2 amide bonds. The summed E-state index contributed by atoms with van der Waals surface area (Å²) in [5, 5.41) is 2.65. The van der Waals surface area contributed by atoms with Gasteiger partial charge in [-0.1, -0.05) is 5.92 Å². The van der Waals surface area contributed by atoms with E-state index in [-0.39, 0.29) is 30.2 Å². The molecular weight excluding hydrogens is 430 g/mol. The van der Waals surface area contributed by atoms with Crippen molar-refractivity contribution in [2.45, 2.75) is 20.0 Å². The van der Waals surface area contributed by atoms with Gasteiger partial charge in [0.15, 0.2) is 16.8 Å². The van der Waals surface area contributed by atoms with Crippen LogP contribution in [0.4, 0.5) is 10.6 Å². The van der Waals surface area contributed by atoms with Crippen LogP contribution in [0, 0.1) is 11.8 Å². The third kappa shape index (κ3) is 4.55. The molecule has 0 aliphatic carbocycles. The molecule has 0 saturated heterocycles. The zero-order valence-corrected chi connectivity index (χ0v) is 17.1. The summed E-state index contributed by atoms with van der Waals surface area (Å²) in [4.78, 5) is 45.4. The Bertz CT molecular complexity index is 961. The van der Waals surface area contributed by atoms with E-state index in [1.54, 1.807) is 23.6 Å². The SMILES string of the molecule is CC#CCn1c(Br)nc(N(C)C(=O)NCc2ncccc2C(=O)OC)c1C=O. The second-order valence-corrected chi connectivity index (χ2v) is 6.14. The molecule has 2 aromatic rings. The first-order valence-electron chi connectivity index (χ1n) is 8.09. The molecular formula is C18H18BrN5O4. The molecule has 0 radical (unpaired) electrons. The Morgan fingerprint density at radius 2 is 2.21 bits per heavy atom. The lowest BCUT2D eigenvalue weighted by Crippen LogP contribution is -2.38. The van der Waals surface area contributed by atoms with Crippen LogP contribution in [-0.4, -0.2) is 47.0 Å². The van der Waals surface area contributed by atoms with Crippen LogP contribution in [0.25, 0.3) is 0 Å². The molecule has 0 unspecified atom stereocenters. The van der Waals surface area contributed by atoms with Crippen LogP contribution in [0.15, 0.2) is 23.1 Å². The van der Waals surface area contributed by atoms with Crippen molar-refractivity contribution in [2.24, 2.45) is 0 Å². The Labute approximate surface area is 170 Å². The number of rotatable bonds is 6. The van der Waals surface area contributed by atoms with E-state index in [4.69, 9.17) is 4.74 Å². The van der Waals surface area contributed by atoms with E-state index in [9.17, 15) is 14.4 Å². The van der Waals surface area contributed by atoms with Crippen LogP contribution in [0.1, 0.15) is 33.5 Å². The Morgan fingerprint density at radius 1 is 1.46 bits per heavy atom. The largest absolute Gasteiger partial charge is 0.465 e. The number of ether oxygens (including phenoxy) is 1. The molecule has 146 valence electrons. The number of hydrogen-bond donors (Lipinski definition) is 1. The lowest BCUT2D eigenvalue weighted by atomic mass is 10.2. The molecule has 0 aliphatic rings. The van der Waals surface area contributed by atoms with Crippen LogP contribution in [0.3, 0.4) is 0 Å². The molecule has 0 aliphatic heterocycles. The van der Waals surface area contributed by atoms with E-state index < -0.39 is 12.0 Å². The number of halogens is 1. The fourth-order valence-electron chi connectivity index (χ4n) is 2.35. The van der Waals surface area contributed by atoms with E-state index in [0.29, 0.717) is 16.7 Å². The number of methoxy groups -OCH3 is 1. The predicted molar refractivity (Wildman–Crippen MR) is 105 cm³/mol. The average molecular weight is 448 g/mol. The minimum absolute atomic E-state index is 0.00590. The number of carbonyl (C=O) groups excluding carboxylic acids is 3. The minimum atomic E-state index is -0.548. The van der Waals surface area contributed by atoms with Crippen LogP contribution >= 0.6 is 15.9 Å². The smallest absolute Gasteiger partial charge is 0.339 e. The lowest BCUT2D eigenvalue weighted by molar-refractivity contribution is 0.0598. The maximum Gasteiger partial charge on any atom is 0.339 e. The number of pyridine rings is 1.